The maximum atomic E-state index is 5.58. The zero-order valence-corrected chi connectivity index (χ0v) is 13.4. The summed E-state index contributed by atoms with van der Waals surface area (Å²) in [6.07, 6.45) is 1.27. The Hall–Kier alpha value is -1.22. The second kappa shape index (κ2) is 6.49. The summed E-state index contributed by atoms with van der Waals surface area (Å²) < 4.78 is 5.58. The number of nitrogens with zero attached hydrogens (tertiary/aromatic N) is 1. The molecule has 1 heterocycles. The number of methoxy groups -OCH3 is 1. The van der Waals surface area contributed by atoms with E-state index in [9.17, 15) is 0 Å². The molecule has 0 aliphatic carbocycles. The molecule has 0 amide bonds. The first-order valence-electron chi connectivity index (χ1n) is 7.67. The first-order chi connectivity index (χ1) is 9.58. The average molecular weight is 276 g/mol. The van der Waals surface area contributed by atoms with Gasteiger partial charge in [-0.25, -0.2) is 0 Å². The standard InChI is InChI=1S/C17H28N2O/c1-12-9-10-19(11-13(12)2)15-7-6-8-16(20-5)17(15)14(3)18-4/h6-8,12-14,18H,9-11H2,1-5H3. The summed E-state index contributed by atoms with van der Waals surface area (Å²) in [6.45, 7) is 9.19. The Bertz CT molecular complexity index is 447. The fourth-order valence-corrected chi connectivity index (χ4v) is 3.05. The van der Waals surface area contributed by atoms with E-state index in [0.29, 0.717) is 0 Å². The number of nitrogens with one attached hydrogen (secondary N) is 1. The lowest BCUT2D eigenvalue weighted by molar-refractivity contribution is 0.323. The van der Waals surface area contributed by atoms with Crippen LogP contribution in [0.2, 0.25) is 0 Å². The van der Waals surface area contributed by atoms with E-state index in [1.165, 1.54) is 17.7 Å². The maximum Gasteiger partial charge on any atom is 0.125 e. The molecule has 0 spiro atoms. The number of rotatable bonds is 4. The number of benzene rings is 1. The van der Waals surface area contributed by atoms with Crippen LogP contribution in [-0.4, -0.2) is 27.2 Å². The number of piperidine rings is 1. The molecule has 1 fully saturated rings. The van der Waals surface area contributed by atoms with Crippen LogP contribution in [0.3, 0.4) is 0 Å². The summed E-state index contributed by atoms with van der Waals surface area (Å²) in [7, 11) is 3.76. The van der Waals surface area contributed by atoms with Gasteiger partial charge in [-0.3, -0.25) is 0 Å². The minimum atomic E-state index is 0.288. The van der Waals surface area contributed by atoms with E-state index in [0.717, 1.165) is 30.7 Å². The van der Waals surface area contributed by atoms with Gasteiger partial charge in [0.1, 0.15) is 5.75 Å². The third kappa shape index (κ3) is 2.93. The Labute approximate surface area is 123 Å². The quantitative estimate of drug-likeness (QED) is 0.911. The van der Waals surface area contributed by atoms with Crippen LogP contribution >= 0.6 is 0 Å². The van der Waals surface area contributed by atoms with Crippen molar-refractivity contribution >= 4 is 5.69 Å². The molecule has 1 aromatic carbocycles. The van der Waals surface area contributed by atoms with Crippen LogP contribution < -0.4 is 15.0 Å². The van der Waals surface area contributed by atoms with Crippen LogP contribution in [0.25, 0.3) is 0 Å². The van der Waals surface area contributed by atoms with Gasteiger partial charge in [0, 0.05) is 30.4 Å². The third-order valence-corrected chi connectivity index (χ3v) is 4.80. The number of hydrogen-bond donors (Lipinski definition) is 1. The molecule has 3 nitrogen and oxygen atoms in total. The Morgan fingerprint density at radius 3 is 2.65 bits per heavy atom. The number of ether oxygens (including phenoxy) is 1. The van der Waals surface area contributed by atoms with Crippen molar-refractivity contribution in [2.75, 3.05) is 32.1 Å². The highest BCUT2D eigenvalue weighted by Gasteiger charge is 2.26. The molecule has 1 aromatic rings. The highest BCUT2D eigenvalue weighted by Crippen LogP contribution is 2.37. The summed E-state index contributed by atoms with van der Waals surface area (Å²) in [4.78, 5) is 2.52. The molecule has 0 saturated carbocycles. The molecule has 2 rings (SSSR count). The fourth-order valence-electron chi connectivity index (χ4n) is 3.05. The number of hydrogen-bond acceptors (Lipinski definition) is 3. The van der Waals surface area contributed by atoms with Crippen molar-refractivity contribution in [3.05, 3.63) is 23.8 Å². The Morgan fingerprint density at radius 2 is 2.05 bits per heavy atom. The van der Waals surface area contributed by atoms with Gasteiger partial charge in [0.05, 0.1) is 7.11 Å². The van der Waals surface area contributed by atoms with Crippen LogP contribution in [0.4, 0.5) is 5.69 Å². The predicted molar refractivity (Wildman–Crippen MR) is 85.6 cm³/mol. The van der Waals surface area contributed by atoms with Gasteiger partial charge in [0.2, 0.25) is 0 Å². The lowest BCUT2D eigenvalue weighted by Crippen LogP contribution is -2.39. The Kier molecular flexibility index (Phi) is 4.92. The Morgan fingerprint density at radius 1 is 1.30 bits per heavy atom. The SMILES string of the molecule is CNC(C)c1c(OC)cccc1N1CCC(C)C(C)C1. The van der Waals surface area contributed by atoms with Gasteiger partial charge in [0.25, 0.3) is 0 Å². The van der Waals surface area contributed by atoms with Gasteiger partial charge < -0.3 is 15.0 Å². The topological polar surface area (TPSA) is 24.5 Å². The smallest absolute Gasteiger partial charge is 0.125 e. The van der Waals surface area contributed by atoms with Crippen molar-refractivity contribution in [1.29, 1.82) is 0 Å². The third-order valence-electron chi connectivity index (χ3n) is 4.80. The fraction of sp³-hybridized carbons (Fsp3) is 0.647. The van der Waals surface area contributed by atoms with Crippen molar-refractivity contribution in [2.24, 2.45) is 11.8 Å². The molecule has 1 aliphatic rings. The molecular weight excluding hydrogens is 248 g/mol. The van der Waals surface area contributed by atoms with Crippen molar-refractivity contribution in [3.8, 4) is 5.75 Å². The molecule has 3 atom stereocenters. The average Bonchev–Trinajstić information content (AvgIpc) is 2.48. The van der Waals surface area contributed by atoms with Gasteiger partial charge in [-0.15, -0.1) is 0 Å². The van der Waals surface area contributed by atoms with E-state index in [1.807, 2.05) is 7.05 Å². The van der Waals surface area contributed by atoms with E-state index in [-0.39, 0.29) is 6.04 Å². The molecule has 3 unspecified atom stereocenters. The van der Waals surface area contributed by atoms with Crippen LogP contribution in [0.1, 0.15) is 38.8 Å². The Balaban J connectivity index is 2.35. The normalized spacial score (nSPS) is 24.6. The molecule has 0 bridgehead atoms. The largest absolute Gasteiger partial charge is 0.496 e. The second-order valence-corrected chi connectivity index (χ2v) is 6.09. The molecular formula is C17H28N2O. The zero-order valence-electron chi connectivity index (χ0n) is 13.4. The lowest BCUT2D eigenvalue weighted by Gasteiger charge is -2.38. The van der Waals surface area contributed by atoms with Crippen molar-refractivity contribution in [2.45, 2.75) is 33.2 Å². The van der Waals surface area contributed by atoms with Crippen molar-refractivity contribution in [1.82, 2.24) is 5.32 Å². The van der Waals surface area contributed by atoms with Crippen molar-refractivity contribution in [3.63, 3.8) is 0 Å². The monoisotopic (exact) mass is 276 g/mol. The zero-order chi connectivity index (χ0) is 14.7. The summed E-state index contributed by atoms with van der Waals surface area (Å²) >= 11 is 0. The van der Waals surface area contributed by atoms with E-state index < -0.39 is 0 Å². The summed E-state index contributed by atoms with van der Waals surface area (Å²) in [6, 6.07) is 6.68. The highest BCUT2D eigenvalue weighted by molar-refractivity contribution is 5.61. The van der Waals surface area contributed by atoms with E-state index in [2.05, 4.69) is 49.2 Å². The first kappa shape index (κ1) is 15.2. The molecule has 3 heteroatoms. The molecule has 0 aromatic heterocycles. The van der Waals surface area contributed by atoms with Gasteiger partial charge in [0.15, 0.2) is 0 Å². The van der Waals surface area contributed by atoms with Crippen LogP contribution in [0, 0.1) is 11.8 Å². The lowest BCUT2D eigenvalue weighted by atomic mass is 9.88. The molecule has 20 heavy (non-hydrogen) atoms. The van der Waals surface area contributed by atoms with Crippen LogP contribution in [-0.2, 0) is 0 Å². The van der Waals surface area contributed by atoms with E-state index >= 15 is 0 Å². The second-order valence-electron chi connectivity index (χ2n) is 6.09. The summed E-state index contributed by atoms with van der Waals surface area (Å²) in [5.74, 6) is 2.55. The molecule has 1 N–H and O–H groups in total. The van der Waals surface area contributed by atoms with E-state index in [4.69, 9.17) is 4.74 Å². The van der Waals surface area contributed by atoms with Gasteiger partial charge in [-0.1, -0.05) is 19.9 Å². The molecule has 1 aliphatic heterocycles. The summed E-state index contributed by atoms with van der Waals surface area (Å²) in [5, 5.41) is 3.35. The highest BCUT2D eigenvalue weighted by atomic mass is 16.5. The molecule has 112 valence electrons. The van der Waals surface area contributed by atoms with Crippen LogP contribution in [0.15, 0.2) is 18.2 Å². The van der Waals surface area contributed by atoms with Gasteiger partial charge in [-0.05, 0) is 44.4 Å². The minimum absolute atomic E-state index is 0.288. The van der Waals surface area contributed by atoms with Crippen molar-refractivity contribution < 1.29 is 4.74 Å². The minimum Gasteiger partial charge on any atom is -0.496 e. The predicted octanol–water partition coefficient (Wildman–Crippen LogP) is 3.46. The molecule has 0 radical (unpaired) electrons. The first-order valence-corrected chi connectivity index (χ1v) is 7.67. The van der Waals surface area contributed by atoms with Crippen LogP contribution in [0.5, 0.6) is 5.75 Å². The van der Waals surface area contributed by atoms with Gasteiger partial charge in [-0.2, -0.15) is 0 Å². The number of anilines is 1. The van der Waals surface area contributed by atoms with Gasteiger partial charge >= 0.3 is 0 Å². The van der Waals surface area contributed by atoms with E-state index in [1.54, 1.807) is 7.11 Å². The maximum absolute atomic E-state index is 5.58. The molecule has 1 saturated heterocycles. The summed E-state index contributed by atoms with van der Waals surface area (Å²) in [5.41, 5.74) is 2.60.